The molecule has 0 bridgehead atoms. The highest BCUT2D eigenvalue weighted by Gasteiger charge is 2.53. The van der Waals surface area contributed by atoms with Gasteiger partial charge in [0.15, 0.2) is 0 Å². The van der Waals surface area contributed by atoms with Gasteiger partial charge in [-0.15, -0.1) is 0 Å². The molecule has 86 valence electrons. The number of carbonyl (C=O) groups excluding carboxylic acids is 1. The molecule has 1 aliphatic carbocycles. The molecule has 0 aromatic carbocycles. The number of hydrogen-bond acceptors (Lipinski definition) is 2. The molecule has 0 radical (unpaired) electrons. The lowest BCUT2D eigenvalue weighted by molar-refractivity contribution is -0.166. The van der Waals surface area contributed by atoms with Crippen LogP contribution in [0.2, 0.25) is 0 Å². The highest BCUT2D eigenvalue weighted by atomic mass is 16.4. The van der Waals surface area contributed by atoms with Crippen LogP contribution in [0.15, 0.2) is 0 Å². The van der Waals surface area contributed by atoms with Crippen molar-refractivity contribution in [2.75, 3.05) is 0 Å². The van der Waals surface area contributed by atoms with E-state index in [9.17, 15) is 14.7 Å². The Balaban J connectivity index is 3.15. The van der Waals surface area contributed by atoms with Gasteiger partial charge in [-0.1, -0.05) is 27.7 Å². The monoisotopic (exact) mass is 212 g/mol. The molecular formula is C12H20O3. The van der Waals surface area contributed by atoms with Crippen LogP contribution in [0.25, 0.3) is 0 Å². The van der Waals surface area contributed by atoms with E-state index < -0.39 is 11.4 Å². The van der Waals surface area contributed by atoms with Gasteiger partial charge in [0.2, 0.25) is 0 Å². The standard InChI is InChI=1S/C12H20O3/c1-7(2)12(11(14)15)8(3)5-10(13)6-9(12)4/h7-9H,5-6H2,1-4H3,(H,14,15). The Bertz CT molecular complexity index is 267. The maximum atomic E-state index is 11.5. The highest BCUT2D eigenvalue weighted by Crippen LogP contribution is 2.49. The fraction of sp³-hybridized carbons (Fsp3) is 0.833. The van der Waals surface area contributed by atoms with Crippen molar-refractivity contribution in [2.45, 2.75) is 40.5 Å². The summed E-state index contributed by atoms with van der Waals surface area (Å²) in [5.74, 6) is -0.608. The van der Waals surface area contributed by atoms with Crippen LogP contribution in [0.1, 0.15) is 40.5 Å². The van der Waals surface area contributed by atoms with E-state index in [1.165, 1.54) is 0 Å². The fourth-order valence-electron chi connectivity index (χ4n) is 3.40. The number of aliphatic carboxylic acids is 1. The zero-order chi connectivity index (χ0) is 11.8. The number of Topliss-reactive ketones (excluding diaryl/α,β-unsaturated/α-hetero) is 1. The van der Waals surface area contributed by atoms with Gasteiger partial charge in [0.1, 0.15) is 5.78 Å². The third kappa shape index (κ3) is 1.68. The Morgan fingerprint density at radius 3 is 2.00 bits per heavy atom. The smallest absolute Gasteiger partial charge is 0.310 e. The third-order valence-corrected chi connectivity index (χ3v) is 4.02. The molecule has 0 aromatic heterocycles. The first-order chi connectivity index (χ1) is 6.83. The van der Waals surface area contributed by atoms with E-state index in [4.69, 9.17) is 0 Å². The van der Waals surface area contributed by atoms with Crippen LogP contribution in [0.4, 0.5) is 0 Å². The van der Waals surface area contributed by atoms with Crippen LogP contribution in [-0.2, 0) is 9.59 Å². The Kier molecular flexibility index (Phi) is 3.22. The molecule has 0 saturated heterocycles. The summed E-state index contributed by atoms with van der Waals surface area (Å²) in [6, 6.07) is 0. The zero-order valence-electron chi connectivity index (χ0n) is 9.91. The molecule has 0 aromatic rings. The Hall–Kier alpha value is -0.860. The van der Waals surface area contributed by atoms with Crippen molar-refractivity contribution < 1.29 is 14.7 Å². The second kappa shape index (κ2) is 3.95. The zero-order valence-corrected chi connectivity index (χ0v) is 9.91. The summed E-state index contributed by atoms with van der Waals surface area (Å²) in [5.41, 5.74) is -0.728. The number of ketones is 1. The van der Waals surface area contributed by atoms with Crippen molar-refractivity contribution in [3.63, 3.8) is 0 Å². The van der Waals surface area contributed by atoms with Crippen LogP contribution in [0.3, 0.4) is 0 Å². The van der Waals surface area contributed by atoms with E-state index in [0.717, 1.165) is 0 Å². The van der Waals surface area contributed by atoms with E-state index in [0.29, 0.717) is 12.8 Å². The van der Waals surface area contributed by atoms with Crippen molar-refractivity contribution in [3.05, 3.63) is 0 Å². The molecule has 1 N–H and O–H groups in total. The number of carbonyl (C=O) groups is 2. The maximum absolute atomic E-state index is 11.5. The first-order valence-corrected chi connectivity index (χ1v) is 5.58. The fourth-order valence-corrected chi connectivity index (χ4v) is 3.40. The number of rotatable bonds is 2. The number of carboxylic acids is 1. The summed E-state index contributed by atoms with van der Waals surface area (Å²) < 4.78 is 0. The average molecular weight is 212 g/mol. The van der Waals surface area contributed by atoms with Crippen molar-refractivity contribution in [3.8, 4) is 0 Å². The van der Waals surface area contributed by atoms with E-state index in [1.54, 1.807) is 0 Å². The molecule has 1 rings (SSSR count). The van der Waals surface area contributed by atoms with E-state index in [-0.39, 0.29) is 23.5 Å². The van der Waals surface area contributed by atoms with Crippen LogP contribution in [0.5, 0.6) is 0 Å². The lowest BCUT2D eigenvalue weighted by atomic mass is 9.56. The minimum absolute atomic E-state index is 0.0631. The van der Waals surface area contributed by atoms with E-state index in [2.05, 4.69) is 0 Å². The minimum Gasteiger partial charge on any atom is -0.481 e. The van der Waals surface area contributed by atoms with Crippen LogP contribution >= 0.6 is 0 Å². The quantitative estimate of drug-likeness (QED) is 0.764. The lowest BCUT2D eigenvalue weighted by Crippen LogP contribution is -2.51. The topological polar surface area (TPSA) is 54.4 Å². The van der Waals surface area contributed by atoms with Crippen LogP contribution < -0.4 is 0 Å². The normalized spacial score (nSPS) is 37.0. The van der Waals surface area contributed by atoms with Gasteiger partial charge in [0.05, 0.1) is 5.41 Å². The SMILES string of the molecule is CC(C)C1(C(=O)O)C(C)CC(=O)CC1C. The van der Waals surface area contributed by atoms with Gasteiger partial charge in [0, 0.05) is 12.8 Å². The van der Waals surface area contributed by atoms with Gasteiger partial charge < -0.3 is 5.11 Å². The van der Waals surface area contributed by atoms with Gasteiger partial charge in [-0.25, -0.2) is 0 Å². The summed E-state index contributed by atoms with van der Waals surface area (Å²) in [6.07, 6.45) is 0.823. The Morgan fingerprint density at radius 2 is 1.73 bits per heavy atom. The molecule has 2 atom stereocenters. The van der Waals surface area contributed by atoms with Gasteiger partial charge >= 0.3 is 5.97 Å². The van der Waals surface area contributed by atoms with Crippen molar-refractivity contribution in [1.82, 2.24) is 0 Å². The van der Waals surface area contributed by atoms with E-state index in [1.807, 2.05) is 27.7 Å². The highest BCUT2D eigenvalue weighted by molar-refractivity contribution is 5.85. The maximum Gasteiger partial charge on any atom is 0.310 e. The summed E-state index contributed by atoms with van der Waals surface area (Å²) in [5, 5.41) is 9.47. The first-order valence-electron chi connectivity index (χ1n) is 5.58. The number of hydrogen-bond donors (Lipinski definition) is 1. The number of carboxylic acid groups (broad SMARTS) is 1. The minimum atomic E-state index is -0.745. The predicted octanol–water partition coefficient (Wildman–Crippen LogP) is 2.35. The summed E-state index contributed by atoms with van der Waals surface area (Å²) in [4.78, 5) is 23.0. The molecule has 1 saturated carbocycles. The van der Waals surface area contributed by atoms with Gasteiger partial charge in [-0.2, -0.15) is 0 Å². The predicted molar refractivity (Wildman–Crippen MR) is 57.5 cm³/mol. The third-order valence-electron chi connectivity index (χ3n) is 4.02. The lowest BCUT2D eigenvalue weighted by Gasteiger charge is -2.46. The Labute approximate surface area is 90.9 Å². The molecule has 3 heteroatoms. The van der Waals surface area contributed by atoms with Gasteiger partial charge in [0.25, 0.3) is 0 Å². The Morgan fingerprint density at radius 1 is 1.33 bits per heavy atom. The van der Waals surface area contributed by atoms with Crippen LogP contribution in [0, 0.1) is 23.2 Å². The van der Waals surface area contributed by atoms with Crippen molar-refractivity contribution in [2.24, 2.45) is 23.2 Å². The van der Waals surface area contributed by atoms with Crippen molar-refractivity contribution >= 4 is 11.8 Å². The molecule has 0 amide bonds. The first kappa shape index (κ1) is 12.2. The van der Waals surface area contributed by atoms with Crippen molar-refractivity contribution in [1.29, 1.82) is 0 Å². The molecule has 0 heterocycles. The molecule has 15 heavy (non-hydrogen) atoms. The molecule has 1 fully saturated rings. The molecule has 0 spiro atoms. The average Bonchev–Trinajstić information content (AvgIpc) is 2.00. The largest absolute Gasteiger partial charge is 0.481 e. The van der Waals surface area contributed by atoms with Gasteiger partial charge in [-0.05, 0) is 17.8 Å². The second-order valence-corrected chi connectivity index (χ2v) is 5.14. The molecular weight excluding hydrogens is 192 g/mol. The summed E-state index contributed by atoms with van der Waals surface area (Å²) in [7, 11) is 0. The van der Waals surface area contributed by atoms with Crippen LogP contribution in [-0.4, -0.2) is 16.9 Å². The molecule has 1 aliphatic rings. The summed E-state index contributed by atoms with van der Waals surface area (Å²) in [6.45, 7) is 7.66. The molecule has 3 nitrogen and oxygen atoms in total. The van der Waals surface area contributed by atoms with Gasteiger partial charge in [-0.3, -0.25) is 9.59 Å². The molecule has 2 unspecified atom stereocenters. The summed E-state index contributed by atoms with van der Waals surface area (Å²) >= 11 is 0. The molecule has 0 aliphatic heterocycles. The second-order valence-electron chi connectivity index (χ2n) is 5.14. The van der Waals surface area contributed by atoms with E-state index >= 15 is 0 Å².